The zero-order chi connectivity index (χ0) is 13.5. The van der Waals surface area contributed by atoms with Gasteiger partial charge in [0.1, 0.15) is 5.75 Å². The molecule has 2 rings (SSSR count). The quantitative estimate of drug-likeness (QED) is 0.737. The molecule has 3 nitrogen and oxygen atoms in total. The molecule has 0 saturated carbocycles. The van der Waals surface area contributed by atoms with Crippen LogP contribution in [-0.2, 0) is 0 Å². The maximum absolute atomic E-state index is 12.2. The van der Waals surface area contributed by atoms with Crippen LogP contribution in [0.4, 0.5) is 0 Å². The van der Waals surface area contributed by atoms with Crippen LogP contribution in [0.15, 0.2) is 24.3 Å². The normalized spacial score (nSPS) is 16.3. The first-order chi connectivity index (χ1) is 9.29. The zero-order valence-corrected chi connectivity index (χ0v) is 11.7. The van der Waals surface area contributed by atoms with Crippen molar-refractivity contribution in [1.82, 2.24) is 4.90 Å². The summed E-state index contributed by atoms with van der Waals surface area (Å²) in [6.07, 6.45) is 4.73. The molecule has 0 radical (unpaired) electrons. The van der Waals surface area contributed by atoms with Gasteiger partial charge in [-0.3, -0.25) is 9.69 Å². The van der Waals surface area contributed by atoms with E-state index in [0.29, 0.717) is 6.54 Å². The number of nitrogens with zero attached hydrogens (tertiary/aromatic N) is 1. The van der Waals surface area contributed by atoms with Crippen molar-refractivity contribution in [3.63, 3.8) is 0 Å². The van der Waals surface area contributed by atoms with Gasteiger partial charge in [-0.15, -0.1) is 0 Å². The molecular formula is C16H23NO2. The summed E-state index contributed by atoms with van der Waals surface area (Å²) in [6, 6.07) is 7.52. The standard InChI is InChI=1S/C16H23NO2/c1-2-12-19-15-8-6-14(7-9-15)16(18)13-17-10-4-3-5-11-17/h6-9H,2-5,10-13H2,1H3. The lowest BCUT2D eigenvalue weighted by molar-refractivity contribution is 0.0915. The number of Topliss-reactive ketones (excluding diaryl/α,β-unsaturated/α-hetero) is 1. The minimum atomic E-state index is 0.212. The topological polar surface area (TPSA) is 29.5 Å². The second kappa shape index (κ2) is 7.29. The number of carbonyl (C=O) groups is 1. The Hall–Kier alpha value is -1.35. The Morgan fingerprint density at radius 2 is 1.84 bits per heavy atom. The van der Waals surface area contributed by atoms with Gasteiger partial charge >= 0.3 is 0 Å². The lowest BCUT2D eigenvalue weighted by Gasteiger charge is -2.25. The summed E-state index contributed by atoms with van der Waals surface area (Å²) >= 11 is 0. The van der Waals surface area contributed by atoms with E-state index >= 15 is 0 Å². The predicted molar refractivity (Wildman–Crippen MR) is 76.8 cm³/mol. The average Bonchev–Trinajstić information content (AvgIpc) is 2.46. The van der Waals surface area contributed by atoms with Crippen LogP contribution in [0.2, 0.25) is 0 Å². The maximum Gasteiger partial charge on any atom is 0.176 e. The van der Waals surface area contributed by atoms with Crippen LogP contribution in [0.25, 0.3) is 0 Å². The van der Waals surface area contributed by atoms with Crippen LogP contribution in [0.3, 0.4) is 0 Å². The first-order valence-corrected chi connectivity index (χ1v) is 7.28. The maximum atomic E-state index is 12.2. The summed E-state index contributed by atoms with van der Waals surface area (Å²) in [5.41, 5.74) is 0.787. The Kier molecular flexibility index (Phi) is 5.40. The van der Waals surface area contributed by atoms with Crippen LogP contribution in [0.5, 0.6) is 5.75 Å². The van der Waals surface area contributed by atoms with E-state index in [1.165, 1.54) is 19.3 Å². The number of likely N-dealkylation sites (tertiary alicyclic amines) is 1. The van der Waals surface area contributed by atoms with E-state index in [1.807, 2.05) is 24.3 Å². The van der Waals surface area contributed by atoms with Crippen molar-refractivity contribution in [2.24, 2.45) is 0 Å². The number of ketones is 1. The molecule has 1 heterocycles. The van der Waals surface area contributed by atoms with Gasteiger partial charge in [-0.1, -0.05) is 13.3 Å². The van der Waals surface area contributed by atoms with Gasteiger partial charge in [0.2, 0.25) is 0 Å². The molecule has 1 aliphatic heterocycles. The average molecular weight is 261 g/mol. The highest BCUT2D eigenvalue weighted by Gasteiger charge is 2.14. The molecule has 0 N–H and O–H groups in total. The summed E-state index contributed by atoms with van der Waals surface area (Å²) in [5.74, 6) is 1.06. The summed E-state index contributed by atoms with van der Waals surface area (Å²) in [6.45, 7) is 5.47. The molecule has 19 heavy (non-hydrogen) atoms. The SMILES string of the molecule is CCCOc1ccc(C(=O)CN2CCCCC2)cc1. The van der Waals surface area contributed by atoms with Crippen LogP contribution in [0.1, 0.15) is 43.0 Å². The molecular weight excluding hydrogens is 238 g/mol. The molecule has 0 aliphatic carbocycles. The number of ether oxygens (including phenoxy) is 1. The van der Waals surface area contributed by atoms with Gasteiger partial charge in [0.25, 0.3) is 0 Å². The molecule has 0 aromatic heterocycles. The molecule has 1 fully saturated rings. The molecule has 3 heteroatoms. The first-order valence-electron chi connectivity index (χ1n) is 7.28. The highest BCUT2D eigenvalue weighted by Crippen LogP contribution is 2.14. The second-order valence-corrected chi connectivity index (χ2v) is 5.13. The summed E-state index contributed by atoms with van der Waals surface area (Å²) in [5, 5.41) is 0. The molecule has 1 aromatic rings. The number of piperidine rings is 1. The third-order valence-corrected chi connectivity index (χ3v) is 3.47. The molecule has 0 amide bonds. The Morgan fingerprint density at radius 1 is 1.16 bits per heavy atom. The highest BCUT2D eigenvalue weighted by molar-refractivity contribution is 5.97. The number of benzene rings is 1. The van der Waals surface area contributed by atoms with Gasteiger partial charge in [-0.25, -0.2) is 0 Å². The molecule has 104 valence electrons. The van der Waals surface area contributed by atoms with Gasteiger partial charge in [-0.2, -0.15) is 0 Å². The number of hydrogen-bond donors (Lipinski definition) is 0. The fourth-order valence-corrected chi connectivity index (χ4v) is 2.37. The van der Waals surface area contributed by atoms with Crippen LogP contribution >= 0.6 is 0 Å². The van der Waals surface area contributed by atoms with E-state index in [4.69, 9.17) is 4.74 Å². The van der Waals surface area contributed by atoms with Crippen molar-refractivity contribution in [2.45, 2.75) is 32.6 Å². The first kappa shape index (κ1) is 14.1. The van der Waals surface area contributed by atoms with E-state index in [1.54, 1.807) is 0 Å². The van der Waals surface area contributed by atoms with Crippen molar-refractivity contribution in [3.8, 4) is 5.75 Å². The van der Waals surface area contributed by atoms with E-state index in [0.717, 1.165) is 37.4 Å². The highest BCUT2D eigenvalue weighted by atomic mass is 16.5. The fraction of sp³-hybridized carbons (Fsp3) is 0.562. The van der Waals surface area contributed by atoms with E-state index in [9.17, 15) is 4.79 Å². The van der Waals surface area contributed by atoms with Gasteiger partial charge in [0.15, 0.2) is 5.78 Å². The van der Waals surface area contributed by atoms with Gasteiger partial charge in [-0.05, 0) is 56.6 Å². The number of hydrogen-bond acceptors (Lipinski definition) is 3. The minimum Gasteiger partial charge on any atom is -0.494 e. The number of carbonyl (C=O) groups excluding carboxylic acids is 1. The Bertz CT molecular complexity index is 394. The Balaban J connectivity index is 1.87. The summed E-state index contributed by atoms with van der Waals surface area (Å²) in [7, 11) is 0. The van der Waals surface area contributed by atoms with E-state index in [-0.39, 0.29) is 5.78 Å². The van der Waals surface area contributed by atoms with Crippen molar-refractivity contribution in [2.75, 3.05) is 26.2 Å². The molecule has 0 bridgehead atoms. The predicted octanol–water partition coefficient (Wildman–Crippen LogP) is 3.14. The summed E-state index contributed by atoms with van der Waals surface area (Å²) in [4.78, 5) is 14.4. The largest absolute Gasteiger partial charge is 0.494 e. The van der Waals surface area contributed by atoms with Gasteiger partial charge in [0, 0.05) is 5.56 Å². The fourth-order valence-electron chi connectivity index (χ4n) is 2.37. The van der Waals surface area contributed by atoms with Crippen molar-refractivity contribution < 1.29 is 9.53 Å². The van der Waals surface area contributed by atoms with Gasteiger partial charge < -0.3 is 4.74 Å². The van der Waals surface area contributed by atoms with Crippen molar-refractivity contribution in [3.05, 3.63) is 29.8 Å². The molecule has 1 saturated heterocycles. The number of rotatable bonds is 6. The van der Waals surface area contributed by atoms with Crippen LogP contribution in [0, 0.1) is 0 Å². The molecule has 0 atom stereocenters. The second-order valence-electron chi connectivity index (χ2n) is 5.13. The lowest BCUT2D eigenvalue weighted by atomic mass is 10.1. The zero-order valence-electron chi connectivity index (χ0n) is 11.7. The third kappa shape index (κ3) is 4.35. The third-order valence-electron chi connectivity index (χ3n) is 3.47. The Labute approximate surface area is 115 Å². The molecule has 0 spiro atoms. The molecule has 0 unspecified atom stereocenters. The lowest BCUT2D eigenvalue weighted by Crippen LogP contribution is -2.34. The van der Waals surface area contributed by atoms with Crippen molar-refractivity contribution >= 4 is 5.78 Å². The van der Waals surface area contributed by atoms with E-state index in [2.05, 4.69) is 11.8 Å². The van der Waals surface area contributed by atoms with Crippen LogP contribution < -0.4 is 4.74 Å². The Morgan fingerprint density at radius 3 is 2.47 bits per heavy atom. The van der Waals surface area contributed by atoms with Crippen molar-refractivity contribution in [1.29, 1.82) is 0 Å². The minimum absolute atomic E-state index is 0.212. The van der Waals surface area contributed by atoms with E-state index < -0.39 is 0 Å². The molecule has 1 aliphatic rings. The summed E-state index contributed by atoms with van der Waals surface area (Å²) < 4.78 is 5.52. The van der Waals surface area contributed by atoms with Crippen LogP contribution in [-0.4, -0.2) is 36.9 Å². The monoisotopic (exact) mass is 261 g/mol. The molecule has 1 aromatic carbocycles. The smallest absolute Gasteiger partial charge is 0.176 e. The van der Waals surface area contributed by atoms with Gasteiger partial charge in [0.05, 0.1) is 13.2 Å².